The van der Waals surface area contributed by atoms with E-state index in [9.17, 15) is 0 Å². The molecule has 4 nitrogen and oxygen atoms in total. The lowest BCUT2D eigenvalue weighted by molar-refractivity contribution is 0.296. The second kappa shape index (κ2) is 8.36. The van der Waals surface area contributed by atoms with Crippen molar-refractivity contribution < 1.29 is 9.47 Å². The van der Waals surface area contributed by atoms with Gasteiger partial charge < -0.3 is 9.47 Å². The third kappa shape index (κ3) is 3.76. The van der Waals surface area contributed by atoms with E-state index in [1.165, 1.54) is 0 Å². The van der Waals surface area contributed by atoms with Gasteiger partial charge in [0.1, 0.15) is 18.1 Å². The molecule has 0 N–H and O–H groups in total. The Hall–Kier alpha value is -4.05. The SMILES string of the molecule is COc1ccc(-n2c(COc3ccccc3-c3ccccc3)nc3ccccc32)cc1. The van der Waals surface area contributed by atoms with Gasteiger partial charge in [0.25, 0.3) is 0 Å². The summed E-state index contributed by atoms with van der Waals surface area (Å²) in [5.41, 5.74) is 5.19. The maximum Gasteiger partial charge on any atom is 0.152 e. The molecule has 0 atom stereocenters. The fourth-order valence-electron chi connectivity index (χ4n) is 3.78. The van der Waals surface area contributed by atoms with Crippen LogP contribution in [0.5, 0.6) is 11.5 Å². The number of methoxy groups -OCH3 is 1. The molecule has 0 unspecified atom stereocenters. The topological polar surface area (TPSA) is 36.3 Å². The number of nitrogens with zero attached hydrogens (tertiary/aromatic N) is 2. The summed E-state index contributed by atoms with van der Waals surface area (Å²) in [7, 11) is 1.67. The Morgan fingerprint density at radius 3 is 2.26 bits per heavy atom. The van der Waals surface area contributed by atoms with E-state index in [0.717, 1.165) is 45.2 Å². The highest BCUT2D eigenvalue weighted by Crippen LogP contribution is 2.31. The molecule has 1 aromatic heterocycles. The third-order valence-electron chi connectivity index (χ3n) is 5.29. The first-order valence-electron chi connectivity index (χ1n) is 10.2. The molecule has 0 bridgehead atoms. The van der Waals surface area contributed by atoms with Gasteiger partial charge in [0.15, 0.2) is 5.82 Å². The molecule has 0 amide bonds. The van der Waals surface area contributed by atoms with Crippen molar-refractivity contribution in [2.24, 2.45) is 0 Å². The zero-order valence-corrected chi connectivity index (χ0v) is 17.2. The van der Waals surface area contributed by atoms with Crippen molar-refractivity contribution in [3.63, 3.8) is 0 Å². The van der Waals surface area contributed by atoms with Crippen LogP contribution in [0.3, 0.4) is 0 Å². The Morgan fingerprint density at radius 2 is 1.45 bits per heavy atom. The Bertz CT molecular complexity index is 1310. The van der Waals surface area contributed by atoms with Crippen molar-refractivity contribution >= 4 is 11.0 Å². The zero-order chi connectivity index (χ0) is 21.0. The van der Waals surface area contributed by atoms with Crippen LogP contribution in [0.2, 0.25) is 0 Å². The van der Waals surface area contributed by atoms with Gasteiger partial charge in [-0.05, 0) is 48.0 Å². The Morgan fingerprint density at radius 1 is 0.742 bits per heavy atom. The second-order valence-electron chi connectivity index (χ2n) is 7.20. The number of aromatic nitrogens is 2. The van der Waals surface area contributed by atoms with Crippen LogP contribution in [0.15, 0.2) is 103 Å². The Kier molecular flexibility index (Phi) is 5.11. The van der Waals surface area contributed by atoms with Crippen LogP contribution in [0, 0.1) is 0 Å². The van der Waals surface area contributed by atoms with Crippen LogP contribution in [-0.4, -0.2) is 16.7 Å². The summed E-state index contributed by atoms with van der Waals surface area (Å²) in [5, 5.41) is 0. The third-order valence-corrected chi connectivity index (χ3v) is 5.29. The summed E-state index contributed by atoms with van der Waals surface area (Å²) >= 11 is 0. The van der Waals surface area contributed by atoms with Gasteiger partial charge in [-0.3, -0.25) is 4.57 Å². The van der Waals surface area contributed by atoms with Crippen molar-refractivity contribution in [2.75, 3.05) is 7.11 Å². The van der Waals surface area contributed by atoms with Gasteiger partial charge in [-0.1, -0.05) is 60.7 Å². The van der Waals surface area contributed by atoms with Crippen molar-refractivity contribution in [2.45, 2.75) is 6.61 Å². The molecule has 4 aromatic carbocycles. The zero-order valence-electron chi connectivity index (χ0n) is 17.2. The quantitative estimate of drug-likeness (QED) is 0.333. The highest BCUT2D eigenvalue weighted by Gasteiger charge is 2.14. The highest BCUT2D eigenvalue weighted by molar-refractivity contribution is 5.78. The molecule has 1 heterocycles. The molecule has 0 saturated carbocycles. The molecule has 4 heteroatoms. The van der Waals surface area contributed by atoms with Gasteiger partial charge in [-0.25, -0.2) is 4.98 Å². The monoisotopic (exact) mass is 406 g/mol. The van der Waals surface area contributed by atoms with E-state index >= 15 is 0 Å². The van der Waals surface area contributed by atoms with Crippen LogP contribution in [0.1, 0.15) is 5.82 Å². The molecule has 5 rings (SSSR count). The average Bonchev–Trinajstić information content (AvgIpc) is 3.22. The van der Waals surface area contributed by atoms with Gasteiger partial charge >= 0.3 is 0 Å². The summed E-state index contributed by atoms with van der Waals surface area (Å²) < 4.78 is 13.8. The van der Waals surface area contributed by atoms with Gasteiger partial charge in [0.2, 0.25) is 0 Å². The van der Waals surface area contributed by atoms with E-state index in [-0.39, 0.29) is 0 Å². The molecule has 152 valence electrons. The number of ether oxygens (including phenoxy) is 2. The molecule has 0 aliphatic rings. The summed E-state index contributed by atoms with van der Waals surface area (Å²) in [6, 6.07) is 34.5. The van der Waals surface area contributed by atoms with Crippen LogP contribution in [0.25, 0.3) is 27.8 Å². The first-order chi connectivity index (χ1) is 15.3. The number of hydrogen-bond donors (Lipinski definition) is 0. The van der Waals surface area contributed by atoms with Crippen molar-refractivity contribution in [3.8, 4) is 28.3 Å². The van der Waals surface area contributed by atoms with Crippen molar-refractivity contribution in [1.82, 2.24) is 9.55 Å². The van der Waals surface area contributed by atoms with Crippen LogP contribution >= 0.6 is 0 Å². The second-order valence-corrected chi connectivity index (χ2v) is 7.20. The fourth-order valence-corrected chi connectivity index (χ4v) is 3.78. The lowest BCUT2D eigenvalue weighted by Crippen LogP contribution is -2.06. The summed E-state index contributed by atoms with van der Waals surface area (Å²) in [6.07, 6.45) is 0. The summed E-state index contributed by atoms with van der Waals surface area (Å²) in [4.78, 5) is 4.86. The molecule has 0 aliphatic heterocycles. The molecular weight excluding hydrogens is 384 g/mol. The van der Waals surface area contributed by atoms with Gasteiger partial charge in [-0.2, -0.15) is 0 Å². The van der Waals surface area contributed by atoms with E-state index in [4.69, 9.17) is 14.5 Å². The number of para-hydroxylation sites is 3. The first-order valence-corrected chi connectivity index (χ1v) is 10.2. The lowest BCUT2D eigenvalue weighted by Gasteiger charge is -2.13. The van der Waals surface area contributed by atoms with E-state index in [1.807, 2.05) is 78.9 Å². The van der Waals surface area contributed by atoms with Crippen LogP contribution < -0.4 is 9.47 Å². The largest absolute Gasteiger partial charge is 0.497 e. The van der Waals surface area contributed by atoms with E-state index in [2.05, 4.69) is 28.8 Å². The van der Waals surface area contributed by atoms with E-state index in [0.29, 0.717) is 6.61 Å². The minimum atomic E-state index is 0.352. The summed E-state index contributed by atoms with van der Waals surface area (Å²) in [5.74, 6) is 2.50. The summed E-state index contributed by atoms with van der Waals surface area (Å²) in [6.45, 7) is 0.352. The van der Waals surface area contributed by atoms with Crippen LogP contribution in [0.4, 0.5) is 0 Å². The van der Waals surface area contributed by atoms with E-state index in [1.54, 1.807) is 7.11 Å². The molecule has 0 radical (unpaired) electrons. The smallest absolute Gasteiger partial charge is 0.152 e. The Balaban J connectivity index is 1.52. The molecule has 0 fully saturated rings. The fraction of sp³-hybridized carbons (Fsp3) is 0.0741. The van der Waals surface area contributed by atoms with Crippen molar-refractivity contribution in [1.29, 1.82) is 0 Å². The number of benzene rings is 4. The van der Waals surface area contributed by atoms with E-state index < -0.39 is 0 Å². The first kappa shape index (κ1) is 18.9. The average molecular weight is 406 g/mol. The lowest BCUT2D eigenvalue weighted by atomic mass is 10.1. The molecule has 0 saturated heterocycles. The maximum atomic E-state index is 6.31. The molecular formula is C27H22N2O2. The molecule has 31 heavy (non-hydrogen) atoms. The highest BCUT2D eigenvalue weighted by atomic mass is 16.5. The number of hydrogen-bond acceptors (Lipinski definition) is 3. The minimum absolute atomic E-state index is 0.352. The number of fused-ring (bicyclic) bond motifs is 1. The van der Waals surface area contributed by atoms with Crippen LogP contribution in [-0.2, 0) is 6.61 Å². The minimum Gasteiger partial charge on any atom is -0.497 e. The standard InChI is InChI=1S/C27H22N2O2/c1-30-22-17-15-21(16-18-22)29-25-13-7-6-12-24(25)28-27(29)19-31-26-14-8-5-11-23(26)20-9-3-2-4-10-20/h2-18H,19H2,1H3. The number of imidazole rings is 1. The maximum absolute atomic E-state index is 6.31. The van der Waals surface area contributed by atoms with Crippen molar-refractivity contribution in [3.05, 3.63) is 109 Å². The Labute approximate surface area is 181 Å². The molecule has 0 aliphatic carbocycles. The van der Waals surface area contributed by atoms with Gasteiger partial charge in [-0.15, -0.1) is 0 Å². The molecule has 5 aromatic rings. The predicted octanol–water partition coefficient (Wildman–Crippen LogP) is 6.28. The normalized spacial score (nSPS) is 10.9. The predicted molar refractivity (Wildman–Crippen MR) is 124 cm³/mol. The van der Waals surface area contributed by atoms with Gasteiger partial charge in [0.05, 0.1) is 18.1 Å². The van der Waals surface area contributed by atoms with Gasteiger partial charge in [0, 0.05) is 11.3 Å². The number of rotatable bonds is 6. The molecule has 0 spiro atoms.